The van der Waals surface area contributed by atoms with Crippen molar-refractivity contribution in [2.24, 2.45) is 0 Å². The van der Waals surface area contributed by atoms with Gasteiger partial charge in [0, 0.05) is 26.2 Å². The van der Waals surface area contributed by atoms with Crippen molar-refractivity contribution in [2.75, 3.05) is 77.5 Å². The SMILES string of the molecule is [NH3+]CCOCCOCC(=O)NCC(=O)N(CCNC(=O)CCl)CCNC(=O)CCl. The molecule has 11 nitrogen and oxygen atoms in total. The summed E-state index contributed by atoms with van der Waals surface area (Å²) in [5.41, 5.74) is 3.63. The first-order valence-electron chi connectivity index (χ1n) is 9.09. The summed E-state index contributed by atoms with van der Waals surface area (Å²) in [5, 5.41) is 7.55. The molecule has 0 unspecified atom stereocenters. The van der Waals surface area contributed by atoms with Crippen LogP contribution in [0.3, 0.4) is 0 Å². The van der Waals surface area contributed by atoms with Crippen LogP contribution in [0.1, 0.15) is 0 Å². The molecule has 0 aliphatic heterocycles. The highest BCUT2D eigenvalue weighted by molar-refractivity contribution is 6.27. The normalized spacial score (nSPS) is 10.3. The van der Waals surface area contributed by atoms with Gasteiger partial charge in [-0.3, -0.25) is 19.2 Å². The molecule has 6 N–H and O–H groups in total. The Morgan fingerprint density at radius 3 is 1.86 bits per heavy atom. The zero-order chi connectivity index (χ0) is 21.9. The summed E-state index contributed by atoms with van der Waals surface area (Å²) in [6, 6.07) is 0. The zero-order valence-corrected chi connectivity index (χ0v) is 17.9. The van der Waals surface area contributed by atoms with E-state index in [2.05, 4.69) is 21.7 Å². The Bertz CT molecular complexity index is 490. The van der Waals surface area contributed by atoms with E-state index in [1.54, 1.807) is 0 Å². The minimum atomic E-state index is -0.443. The van der Waals surface area contributed by atoms with Crippen molar-refractivity contribution in [1.29, 1.82) is 0 Å². The van der Waals surface area contributed by atoms with E-state index in [0.29, 0.717) is 19.8 Å². The van der Waals surface area contributed by atoms with Gasteiger partial charge in [0.1, 0.15) is 18.4 Å². The van der Waals surface area contributed by atoms with Crippen LogP contribution in [-0.4, -0.2) is 106 Å². The van der Waals surface area contributed by atoms with Crippen molar-refractivity contribution in [1.82, 2.24) is 20.9 Å². The third kappa shape index (κ3) is 15.9. The van der Waals surface area contributed by atoms with Gasteiger partial charge in [0.25, 0.3) is 0 Å². The van der Waals surface area contributed by atoms with Gasteiger partial charge in [0.15, 0.2) is 0 Å². The van der Waals surface area contributed by atoms with Crippen molar-refractivity contribution < 1.29 is 34.4 Å². The van der Waals surface area contributed by atoms with Crippen molar-refractivity contribution >= 4 is 46.8 Å². The van der Waals surface area contributed by atoms with Gasteiger partial charge in [-0.25, -0.2) is 0 Å². The third-order valence-electron chi connectivity index (χ3n) is 3.33. The van der Waals surface area contributed by atoms with Crippen molar-refractivity contribution in [3.8, 4) is 0 Å². The van der Waals surface area contributed by atoms with E-state index in [1.165, 1.54) is 4.90 Å². The zero-order valence-electron chi connectivity index (χ0n) is 16.3. The number of halogens is 2. The fourth-order valence-electron chi connectivity index (χ4n) is 1.94. The first kappa shape index (κ1) is 27.3. The van der Waals surface area contributed by atoms with Crippen LogP contribution >= 0.6 is 23.2 Å². The molecular weight excluding hydrogens is 429 g/mol. The quantitative estimate of drug-likeness (QED) is 0.134. The Hall–Kier alpha value is -1.66. The highest BCUT2D eigenvalue weighted by Gasteiger charge is 2.15. The largest absolute Gasteiger partial charge is 0.373 e. The Kier molecular flexibility index (Phi) is 17.3. The van der Waals surface area contributed by atoms with Gasteiger partial charge in [-0.05, 0) is 0 Å². The fraction of sp³-hybridized carbons (Fsp3) is 0.750. The lowest BCUT2D eigenvalue weighted by Crippen LogP contribution is -2.52. The molecule has 0 aromatic heterocycles. The molecule has 0 radical (unpaired) electrons. The van der Waals surface area contributed by atoms with Crippen LogP contribution in [-0.2, 0) is 28.7 Å². The van der Waals surface area contributed by atoms with Crippen LogP contribution in [0.5, 0.6) is 0 Å². The van der Waals surface area contributed by atoms with Gasteiger partial charge in [-0.2, -0.15) is 0 Å². The van der Waals surface area contributed by atoms with Gasteiger partial charge in [0.2, 0.25) is 23.6 Å². The predicted octanol–water partition coefficient (Wildman–Crippen LogP) is -3.08. The van der Waals surface area contributed by atoms with Crippen LogP contribution in [0.4, 0.5) is 0 Å². The summed E-state index contributed by atoms with van der Waals surface area (Å²) < 4.78 is 10.3. The summed E-state index contributed by atoms with van der Waals surface area (Å²) in [5.74, 6) is -1.91. The lowest BCUT2D eigenvalue weighted by Gasteiger charge is -2.23. The van der Waals surface area contributed by atoms with Crippen molar-refractivity contribution in [3.63, 3.8) is 0 Å². The number of ether oxygens (including phenoxy) is 2. The summed E-state index contributed by atoms with van der Waals surface area (Å²) in [4.78, 5) is 47.9. The summed E-state index contributed by atoms with van der Waals surface area (Å²) in [6.07, 6.45) is 0. The van der Waals surface area contributed by atoms with E-state index in [4.69, 9.17) is 32.7 Å². The molecule has 0 saturated carbocycles. The number of alkyl halides is 2. The van der Waals surface area contributed by atoms with Crippen LogP contribution < -0.4 is 21.7 Å². The molecule has 0 aliphatic carbocycles. The van der Waals surface area contributed by atoms with E-state index in [-0.39, 0.29) is 75.4 Å². The highest BCUT2D eigenvalue weighted by Crippen LogP contribution is 1.90. The van der Waals surface area contributed by atoms with E-state index >= 15 is 0 Å². The number of carbonyl (C=O) groups is 4. The molecule has 4 amide bonds. The standard InChI is InChI=1S/C16H29Cl2N5O6/c17-9-13(24)20-2-4-23(5-3-21-14(25)10-18)16(27)11-22-15(26)12-29-8-7-28-6-1-19/h1-12,19H2,(H,20,24)(H,21,25)(H,22,26)/p+1. The fourth-order valence-corrected chi connectivity index (χ4v) is 2.13. The van der Waals surface area contributed by atoms with Crippen LogP contribution in [0.2, 0.25) is 0 Å². The van der Waals surface area contributed by atoms with Gasteiger partial charge < -0.3 is 36.1 Å². The molecule has 0 saturated heterocycles. The average Bonchev–Trinajstić information content (AvgIpc) is 2.72. The Morgan fingerprint density at radius 2 is 1.34 bits per heavy atom. The summed E-state index contributed by atoms with van der Waals surface area (Å²) in [7, 11) is 0. The number of nitrogens with one attached hydrogen (secondary N) is 3. The molecule has 0 fully saturated rings. The Labute approximate surface area is 179 Å². The van der Waals surface area contributed by atoms with E-state index < -0.39 is 5.91 Å². The lowest BCUT2D eigenvalue weighted by molar-refractivity contribution is -0.374. The molecule has 13 heteroatoms. The first-order chi connectivity index (χ1) is 13.9. The molecule has 0 bridgehead atoms. The molecule has 0 heterocycles. The molecule has 0 aromatic carbocycles. The monoisotopic (exact) mass is 458 g/mol. The third-order valence-corrected chi connectivity index (χ3v) is 3.82. The highest BCUT2D eigenvalue weighted by atomic mass is 35.5. The van der Waals surface area contributed by atoms with Crippen LogP contribution in [0.25, 0.3) is 0 Å². The van der Waals surface area contributed by atoms with Crippen LogP contribution in [0, 0.1) is 0 Å². The maximum atomic E-state index is 12.4. The van der Waals surface area contributed by atoms with Crippen molar-refractivity contribution in [2.45, 2.75) is 0 Å². The summed E-state index contributed by atoms with van der Waals surface area (Å²) >= 11 is 10.8. The van der Waals surface area contributed by atoms with Gasteiger partial charge >= 0.3 is 0 Å². The van der Waals surface area contributed by atoms with Gasteiger partial charge in [-0.15, -0.1) is 23.2 Å². The molecular formula is C16H30Cl2N5O6+. The lowest BCUT2D eigenvalue weighted by atomic mass is 10.4. The van der Waals surface area contributed by atoms with Crippen LogP contribution in [0.15, 0.2) is 0 Å². The first-order valence-corrected chi connectivity index (χ1v) is 10.2. The Morgan fingerprint density at radius 1 is 0.793 bits per heavy atom. The van der Waals surface area contributed by atoms with E-state index in [0.717, 1.165) is 0 Å². The van der Waals surface area contributed by atoms with Gasteiger partial charge in [0.05, 0.1) is 32.9 Å². The number of rotatable bonds is 17. The number of quaternary nitrogens is 1. The number of hydrogen-bond donors (Lipinski definition) is 4. The van der Waals surface area contributed by atoms with Crippen molar-refractivity contribution in [3.05, 3.63) is 0 Å². The molecule has 0 spiro atoms. The molecule has 0 atom stereocenters. The smallest absolute Gasteiger partial charge is 0.246 e. The minimum absolute atomic E-state index is 0.184. The van der Waals surface area contributed by atoms with E-state index in [1.807, 2.05) is 0 Å². The molecule has 168 valence electrons. The second kappa shape index (κ2) is 18.4. The number of hydrogen-bond acceptors (Lipinski definition) is 6. The Balaban J connectivity index is 4.28. The average molecular weight is 459 g/mol. The second-order valence-electron chi connectivity index (χ2n) is 5.64. The molecule has 29 heavy (non-hydrogen) atoms. The number of nitrogens with zero attached hydrogens (tertiary/aromatic N) is 1. The maximum Gasteiger partial charge on any atom is 0.246 e. The maximum absolute atomic E-state index is 12.4. The van der Waals surface area contributed by atoms with Gasteiger partial charge in [-0.1, -0.05) is 0 Å². The summed E-state index contributed by atoms with van der Waals surface area (Å²) in [6.45, 7) is 2.11. The molecule has 0 aliphatic rings. The topological polar surface area (TPSA) is 154 Å². The number of amides is 4. The van der Waals surface area contributed by atoms with E-state index in [9.17, 15) is 19.2 Å². The molecule has 0 rings (SSSR count). The molecule has 0 aromatic rings. The number of carbonyl (C=O) groups excluding carboxylic acids is 4. The second-order valence-corrected chi connectivity index (χ2v) is 6.18. The predicted molar refractivity (Wildman–Crippen MR) is 106 cm³/mol. The minimum Gasteiger partial charge on any atom is -0.373 e.